The van der Waals surface area contributed by atoms with Gasteiger partial charge in [-0.1, -0.05) is 172 Å². The van der Waals surface area contributed by atoms with Crippen LogP contribution in [0, 0.1) is 0 Å². The van der Waals surface area contributed by atoms with Crippen molar-refractivity contribution in [3.05, 3.63) is 168 Å². The first-order valence-corrected chi connectivity index (χ1v) is 23.6. The molecule has 0 saturated carbocycles. The van der Waals surface area contributed by atoms with Gasteiger partial charge in [-0.2, -0.15) is 0 Å². The lowest BCUT2D eigenvalue weighted by atomic mass is 9.80. The second kappa shape index (κ2) is 18.6. The van der Waals surface area contributed by atoms with Crippen molar-refractivity contribution >= 4 is 18.7 Å². The molecule has 2 saturated heterocycles. The molecular weight excluding hydrogens is 765 g/mol. The number of aliphatic hydroxyl groups is 1. The van der Waals surface area contributed by atoms with E-state index in [1.54, 1.807) is 0 Å². The number of aliphatic hydroxyl groups excluding tert-OH is 1. The van der Waals surface area contributed by atoms with Crippen LogP contribution in [-0.2, 0) is 33.7 Å². The average Bonchev–Trinajstić information content (AvgIpc) is 3.24. The van der Waals surface area contributed by atoms with E-state index >= 15 is 0 Å². The van der Waals surface area contributed by atoms with E-state index in [4.69, 9.17) is 28.1 Å². The summed E-state index contributed by atoms with van der Waals surface area (Å²) in [6, 6.07) is 52.5. The molecular formula is C52H64O7Si. The Hall–Kier alpha value is -3.96. The van der Waals surface area contributed by atoms with Crippen LogP contribution < -0.4 is 10.4 Å². The van der Waals surface area contributed by atoms with Crippen molar-refractivity contribution in [3.63, 3.8) is 0 Å². The summed E-state index contributed by atoms with van der Waals surface area (Å²) >= 11 is 0. The van der Waals surface area contributed by atoms with E-state index in [-0.39, 0.29) is 23.4 Å². The van der Waals surface area contributed by atoms with Crippen molar-refractivity contribution in [2.45, 2.75) is 127 Å². The molecule has 5 aromatic rings. The third kappa shape index (κ3) is 9.88. The third-order valence-electron chi connectivity index (χ3n) is 12.0. The number of rotatable bonds is 15. The fraction of sp³-hybridized carbons (Fsp3) is 0.423. The van der Waals surface area contributed by atoms with E-state index < -0.39 is 37.7 Å². The van der Waals surface area contributed by atoms with E-state index in [9.17, 15) is 5.11 Å². The minimum atomic E-state index is -2.79. The summed E-state index contributed by atoms with van der Waals surface area (Å²) in [7, 11) is -2.79. The van der Waals surface area contributed by atoms with Gasteiger partial charge in [-0.3, -0.25) is 0 Å². The van der Waals surface area contributed by atoms with Gasteiger partial charge in [0.15, 0.2) is 11.6 Å². The fourth-order valence-electron chi connectivity index (χ4n) is 9.49. The number of hydrogen-bond acceptors (Lipinski definition) is 7. The highest BCUT2D eigenvalue weighted by Gasteiger charge is 2.51. The molecule has 7 nitrogen and oxygen atoms in total. The van der Waals surface area contributed by atoms with Crippen molar-refractivity contribution in [1.29, 1.82) is 0 Å². The predicted molar refractivity (Wildman–Crippen MR) is 241 cm³/mol. The standard InChI is InChI=1S/C52H64O7Si/c1-49(2,3)60(45-29-19-11-20-30-45,46-31-21-12-22-32-46)55-38-44-36-48(59-51(6,7)58-44)47(53)34-33-42-35-43(57-50(4,5)56-42)37-54-52(39-23-13-8-14-24-39,40-25-15-9-16-26-40)41-27-17-10-18-28-41/h8-32,42-44,47-48,53H,33-38H2,1-7H3/t42-,43-,44+,47-,48-/m1/s1. The first-order valence-electron chi connectivity index (χ1n) is 21.7. The van der Waals surface area contributed by atoms with E-state index in [0.717, 1.165) is 16.7 Å². The van der Waals surface area contributed by atoms with Crippen molar-refractivity contribution in [2.75, 3.05) is 13.2 Å². The first-order chi connectivity index (χ1) is 28.7. The molecule has 0 radical (unpaired) electrons. The zero-order valence-corrected chi connectivity index (χ0v) is 37.5. The molecule has 60 heavy (non-hydrogen) atoms. The summed E-state index contributed by atoms with van der Waals surface area (Å²) in [5.41, 5.74) is 2.28. The van der Waals surface area contributed by atoms with Gasteiger partial charge in [-0.25, -0.2) is 0 Å². The van der Waals surface area contributed by atoms with E-state index in [1.165, 1.54) is 10.4 Å². The Bertz CT molecular complexity index is 1920. The quantitative estimate of drug-likeness (QED) is 0.0833. The molecule has 2 aliphatic rings. The fourth-order valence-corrected chi connectivity index (χ4v) is 14.1. The topological polar surface area (TPSA) is 75.6 Å². The van der Waals surface area contributed by atoms with Gasteiger partial charge in [0.2, 0.25) is 0 Å². The van der Waals surface area contributed by atoms with Crippen LogP contribution in [0.5, 0.6) is 0 Å². The lowest BCUT2D eigenvalue weighted by Crippen LogP contribution is -2.67. The number of hydrogen-bond donors (Lipinski definition) is 1. The Morgan fingerprint density at radius 1 is 0.567 bits per heavy atom. The molecule has 0 bridgehead atoms. The van der Waals surface area contributed by atoms with Crippen LogP contribution in [0.15, 0.2) is 152 Å². The van der Waals surface area contributed by atoms with Crippen molar-refractivity contribution < 1.29 is 33.2 Å². The maximum Gasteiger partial charge on any atom is 0.261 e. The second-order valence-electron chi connectivity index (χ2n) is 18.4. The smallest absolute Gasteiger partial charge is 0.261 e. The van der Waals surface area contributed by atoms with E-state index in [0.29, 0.717) is 38.9 Å². The Labute approximate surface area is 359 Å². The van der Waals surface area contributed by atoms with Gasteiger partial charge >= 0.3 is 0 Å². The maximum absolute atomic E-state index is 11.8. The average molecular weight is 829 g/mol. The van der Waals surface area contributed by atoms with E-state index in [1.807, 2.05) is 45.9 Å². The molecule has 0 amide bonds. The molecule has 0 spiro atoms. The van der Waals surface area contributed by atoms with Crippen LogP contribution >= 0.6 is 0 Å². The Morgan fingerprint density at radius 2 is 0.967 bits per heavy atom. The van der Waals surface area contributed by atoms with Crippen LogP contribution in [0.4, 0.5) is 0 Å². The highest BCUT2D eigenvalue weighted by molar-refractivity contribution is 6.99. The Kier molecular flexibility index (Phi) is 13.6. The van der Waals surface area contributed by atoms with Crippen molar-refractivity contribution in [2.24, 2.45) is 0 Å². The monoisotopic (exact) mass is 828 g/mol. The molecule has 318 valence electrons. The lowest BCUT2D eigenvalue weighted by Gasteiger charge is -2.46. The molecule has 2 fully saturated rings. The molecule has 5 atom stereocenters. The van der Waals surface area contributed by atoms with Crippen molar-refractivity contribution in [3.8, 4) is 0 Å². The molecule has 0 unspecified atom stereocenters. The van der Waals surface area contributed by atoms with Gasteiger partial charge in [0.25, 0.3) is 8.32 Å². The van der Waals surface area contributed by atoms with Gasteiger partial charge in [-0.15, -0.1) is 0 Å². The molecule has 5 aromatic carbocycles. The summed E-state index contributed by atoms with van der Waals surface area (Å²) in [5, 5.41) is 14.1. The van der Waals surface area contributed by atoms with Gasteiger partial charge in [0, 0.05) is 12.8 Å². The number of benzene rings is 5. The molecule has 2 heterocycles. The Morgan fingerprint density at radius 3 is 1.42 bits per heavy atom. The molecule has 1 N–H and O–H groups in total. The first kappa shape index (κ1) is 44.1. The number of ether oxygens (including phenoxy) is 5. The zero-order valence-electron chi connectivity index (χ0n) is 36.5. The summed E-state index contributed by atoms with van der Waals surface area (Å²) in [5.74, 6) is -1.73. The van der Waals surface area contributed by atoms with E-state index in [2.05, 4.69) is 154 Å². The third-order valence-corrected chi connectivity index (χ3v) is 17.0. The summed E-state index contributed by atoms with van der Waals surface area (Å²) in [6.45, 7) is 15.3. The molecule has 8 heteroatoms. The highest BCUT2D eigenvalue weighted by Crippen LogP contribution is 2.42. The molecule has 7 rings (SSSR count). The van der Waals surface area contributed by atoms with Gasteiger partial charge in [0.1, 0.15) is 5.60 Å². The minimum Gasteiger partial charge on any atom is -0.405 e. The normalized spacial score (nSPS) is 22.5. The van der Waals surface area contributed by atoms with Gasteiger partial charge in [-0.05, 0) is 72.6 Å². The summed E-state index contributed by atoms with van der Waals surface area (Å²) in [4.78, 5) is 0. The largest absolute Gasteiger partial charge is 0.405 e. The van der Waals surface area contributed by atoms with Crippen LogP contribution in [0.3, 0.4) is 0 Å². The zero-order chi connectivity index (χ0) is 42.4. The highest BCUT2D eigenvalue weighted by atomic mass is 28.4. The van der Waals surface area contributed by atoms with Crippen LogP contribution in [0.2, 0.25) is 5.04 Å². The van der Waals surface area contributed by atoms with Crippen molar-refractivity contribution in [1.82, 2.24) is 0 Å². The molecule has 0 aromatic heterocycles. The molecule has 0 aliphatic carbocycles. The summed E-state index contributed by atoms with van der Waals surface area (Å²) < 4.78 is 40.5. The minimum absolute atomic E-state index is 0.154. The lowest BCUT2D eigenvalue weighted by molar-refractivity contribution is -0.319. The summed E-state index contributed by atoms with van der Waals surface area (Å²) in [6.07, 6.45) is 0.446. The van der Waals surface area contributed by atoms with Crippen LogP contribution in [0.25, 0.3) is 0 Å². The molecule has 2 aliphatic heterocycles. The second-order valence-corrected chi connectivity index (χ2v) is 22.7. The van der Waals surface area contributed by atoms with Gasteiger partial charge < -0.3 is 33.2 Å². The van der Waals surface area contributed by atoms with Crippen LogP contribution in [-0.4, -0.2) is 68.7 Å². The van der Waals surface area contributed by atoms with Crippen LogP contribution in [0.1, 0.15) is 90.8 Å². The SMILES string of the molecule is CC1(C)O[C@H](CC[C@@H](O)[C@H]2C[C@@H](CO[Si](c3ccccc3)(c3ccccc3)C(C)(C)C)OC(C)(C)O2)C[C@H](COC(c2ccccc2)(c2ccccc2)c2ccccc2)O1. The Balaban J connectivity index is 1.04. The predicted octanol–water partition coefficient (Wildman–Crippen LogP) is 9.53. The maximum atomic E-state index is 11.8. The van der Waals surface area contributed by atoms with Gasteiger partial charge in [0.05, 0.1) is 43.7 Å².